The quantitative estimate of drug-likeness (QED) is 0.175. The molecule has 0 amide bonds. The number of allylic oxidation sites excluding steroid dienone is 5. The number of rotatable bonds is 13. The predicted octanol–water partition coefficient (Wildman–Crippen LogP) is 4.20. The zero-order chi connectivity index (χ0) is 21.1. The molecule has 0 aliphatic carbocycles. The molecule has 0 bridgehead atoms. The van der Waals surface area contributed by atoms with Crippen LogP contribution < -0.4 is 0 Å². The van der Waals surface area contributed by atoms with Gasteiger partial charge in [-0.3, -0.25) is 9.12 Å². The van der Waals surface area contributed by atoms with E-state index in [9.17, 15) is 13.0 Å². The second-order valence-electron chi connectivity index (χ2n) is 6.88. The minimum atomic E-state index is -4.95. The molecule has 0 aromatic rings. The summed E-state index contributed by atoms with van der Waals surface area (Å²) < 4.78 is 47.2. The van der Waals surface area contributed by atoms with Crippen molar-refractivity contribution in [3.05, 3.63) is 34.9 Å². The maximum atomic E-state index is 11.1. The molecule has 0 spiro atoms. The Morgan fingerprint density at radius 1 is 1.00 bits per heavy atom. The van der Waals surface area contributed by atoms with Crippen LogP contribution >= 0.6 is 7.60 Å². The molecule has 0 aromatic heterocycles. The third-order valence-electron chi connectivity index (χ3n) is 3.90. The summed E-state index contributed by atoms with van der Waals surface area (Å²) in [5.74, 6) is 0. The van der Waals surface area contributed by atoms with Crippen molar-refractivity contribution in [2.24, 2.45) is 0 Å². The summed E-state index contributed by atoms with van der Waals surface area (Å²) in [5.41, 5.74) is 3.79. The van der Waals surface area contributed by atoms with Crippen LogP contribution in [0.2, 0.25) is 0 Å². The molecule has 0 aliphatic rings. The maximum absolute atomic E-state index is 11.1. The summed E-state index contributed by atoms with van der Waals surface area (Å²) in [4.78, 5) is 15.8. The predicted molar refractivity (Wildman–Crippen MR) is 108 cm³/mol. The van der Waals surface area contributed by atoms with Crippen molar-refractivity contribution < 1.29 is 32.1 Å². The standard InChI is InChI=1S/C18H33O7PS/c1-15(2)7-5-8-16(3)9-6-10-17(4)11-13-25-14-12-18(26(19,20)21)27(22,23)24/h7,9,11,18H,5-6,8,10,12-14H2,1-4H3,(H2,19,20,21)(H,22,23,24)/b16-9+,17-11+. The van der Waals surface area contributed by atoms with Crippen molar-refractivity contribution in [2.75, 3.05) is 13.2 Å². The van der Waals surface area contributed by atoms with Gasteiger partial charge in [0.15, 0.2) is 4.99 Å². The van der Waals surface area contributed by atoms with E-state index < -0.39 is 29.1 Å². The van der Waals surface area contributed by atoms with E-state index in [1.54, 1.807) is 0 Å². The zero-order valence-electron chi connectivity index (χ0n) is 16.6. The van der Waals surface area contributed by atoms with E-state index in [4.69, 9.17) is 19.1 Å². The highest BCUT2D eigenvalue weighted by Crippen LogP contribution is 2.45. The number of hydrogen-bond acceptors (Lipinski definition) is 4. The Kier molecular flexibility index (Phi) is 12.3. The Balaban J connectivity index is 4.19. The lowest BCUT2D eigenvalue weighted by Crippen LogP contribution is -2.22. The highest BCUT2D eigenvalue weighted by Gasteiger charge is 2.39. The van der Waals surface area contributed by atoms with Gasteiger partial charge in [0.2, 0.25) is 0 Å². The number of ether oxygens (including phenoxy) is 1. The Morgan fingerprint density at radius 2 is 1.52 bits per heavy atom. The molecule has 0 aliphatic heterocycles. The average molecular weight is 424 g/mol. The van der Waals surface area contributed by atoms with Gasteiger partial charge in [-0.05, 0) is 53.4 Å². The largest absolute Gasteiger partial charge is 0.377 e. The molecule has 1 unspecified atom stereocenters. The first-order valence-electron chi connectivity index (χ1n) is 8.88. The monoisotopic (exact) mass is 424 g/mol. The second kappa shape index (κ2) is 12.6. The van der Waals surface area contributed by atoms with Crippen molar-refractivity contribution >= 4 is 17.7 Å². The normalized spacial score (nSPS) is 14.9. The molecule has 0 saturated heterocycles. The molecule has 0 saturated carbocycles. The molecule has 0 fully saturated rings. The SMILES string of the molecule is CC(C)=CCC/C(C)=C/CC/C(C)=C/COCCC(P(=O)(O)O)S(=O)(=O)O. The van der Waals surface area contributed by atoms with Crippen LogP contribution in [0.5, 0.6) is 0 Å². The summed E-state index contributed by atoms with van der Waals surface area (Å²) in [5, 5.41) is 0. The summed E-state index contributed by atoms with van der Waals surface area (Å²) >= 11 is 0. The third-order valence-corrected chi connectivity index (χ3v) is 7.46. The first-order chi connectivity index (χ1) is 12.3. The zero-order valence-corrected chi connectivity index (χ0v) is 18.3. The van der Waals surface area contributed by atoms with Crippen LogP contribution in [0.25, 0.3) is 0 Å². The topological polar surface area (TPSA) is 121 Å². The summed E-state index contributed by atoms with van der Waals surface area (Å²) in [6.07, 6.45) is 9.71. The van der Waals surface area contributed by atoms with Gasteiger partial charge in [-0.15, -0.1) is 0 Å². The molecule has 9 heteroatoms. The molecular formula is C18H33O7PS. The van der Waals surface area contributed by atoms with E-state index in [-0.39, 0.29) is 13.2 Å². The molecule has 0 rings (SSSR count). The Hall–Kier alpha value is -0.760. The lowest BCUT2D eigenvalue weighted by atomic mass is 10.1. The molecule has 1 atom stereocenters. The van der Waals surface area contributed by atoms with Crippen LogP contribution in [0.3, 0.4) is 0 Å². The second-order valence-corrected chi connectivity index (χ2v) is 10.6. The van der Waals surface area contributed by atoms with E-state index in [2.05, 4.69) is 32.9 Å². The lowest BCUT2D eigenvalue weighted by molar-refractivity contribution is 0.159. The van der Waals surface area contributed by atoms with Crippen molar-refractivity contribution in [3.63, 3.8) is 0 Å². The van der Waals surface area contributed by atoms with Crippen LogP contribution in [0.4, 0.5) is 0 Å². The highest BCUT2D eigenvalue weighted by atomic mass is 32.2. The van der Waals surface area contributed by atoms with Crippen LogP contribution in [0.1, 0.15) is 59.8 Å². The van der Waals surface area contributed by atoms with E-state index in [1.807, 2.05) is 13.0 Å². The fourth-order valence-corrected chi connectivity index (χ4v) is 4.52. The first kappa shape index (κ1) is 26.2. The van der Waals surface area contributed by atoms with Crippen LogP contribution in [0.15, 0.2) is 34.9 Å². The van der Waals surface area contributed by atoms with E-state index >= 15 is 0 Å². The van der Waals surface area contributed by atoms with Gasteiger partial charge >= 0.3 is 7.60 Å². The molecule has 7 nitrogen and oxygen atoms in total. The minimum absolute atomic E-state index is 0.178. The lowest BCUT2D eigenvalue weighted by Gasteiger charge is -2.14. The minimum Gasteiger partial charge on any atom is -0.377 e. The van der Waals surface area contributed by atoms with Gasteiger partial charge < -0.3 is 14.5 Å². The first-order valence-corrected chi connectivity index (χ1v) is 12.1. The van der Waals surface area contributed by atoms with E-state index in [0.29, 0.717) is 0 Å². The fraction of sp³-hybridized carbons (Fsp3) is 0.667. The molecule has 0 radical (unpaired) electrons. The Morgan fingerprint density at radius 3 is 2.00 bits per heavy atom. The Labute approximate surface area is 163 Å². The average Bonchev–Trinajstić information content (AvgIpc) is 2.47. The van der Waals surface area contributed by atoms with Gasteiger partial charge in [-0.2, -0.15) is 8.42 Å². The van der Waals surface area contributed by atoms with Crippen LogP contribution in [-0.4, -0.2) is 41.0 Å². The van der Waals surface area contributed by atoms with E-state index in [1.165, 1.54) is 11.1 Å². The molecule has 0 heterocycles. The summed E-state index contributed by atoms with van der Waals surface area (Å²) in [6.45, 7) is 8.30. The third kappa shape index (κ3) is 14.0. The molecule has 158 valence electrons. The molecule has 0 aromatic carbocycles. The van der Waals surface area contributed by atoms with Crippen molar-refractivity contribution in [3.8, 4) is 0 Å². The number of hydrogen-bond donors (Lipinski definition) is 3. The molecule has 27 heavy (non-hydrogen) atoms. The highest BCUT2D eigenvalue weighted by molar-refractivity contribution is 7.93. The summed E-state index contributed by atoms with van der Waals surface area (Å²) in [6, 6.07) is 0. The van der Waals surface area contributed by atoms with Gasteiger partial charge in [0.25, 0.3) is 10.1 Å². The van der Waals surface area contributed by atoms with Gasteiger partial charge in [-0.1, -0.05) is 34.9 Å². The van der Waals surface area contributed by atoms with Crippen LogP contribution in [-0.2, 0) is 19.4 Å². The van der Waals surface area contributed by atoms with Gasteiger partial charge in [0, 0.05) is 13.0 Å². The van der Waals surface area contributed by atoms with Crippen LogP contribution in [0, 0.1) is 0 Å². The van der Waals surface area contributed by atoms with Crippen molar-refractivity contribution in [1.29, 1.82) is 0 Å². The van der Waals surface area contributed by atoms with Gasteiger partial charge in [0.05, 0.1) is 6.61 Å². The van der Waals surface area contributed by atoms with Crippen molar-refractivity contribution in [2.45, 2.75) is 64.8 Å². The molecule has 3 N–H and O–H groups in total. The van der Waals surface area contributed by atoms with Crippen molar-refractivity contribution in [1.82, 2.24) is 0 Å². The summed E-state index contributed by atoms with van der Waals surface area (Å²) in [7, 11) is -9.77. The maximum Gasteiger partial charge on any atom is 0.346 e. The fourth-order valence-electron chi connectivity index (χ4n) is 2.30. The van der Waals surface area contributed by atoms with Gasteiger partial charge in [-0.25, -0.2) is 0 Å². The molecular weight excluding hydrogens is 391 g/mol. The smallest absolute Gasteiger partial charge is 0.346 e. The Bertz CT molecular complexity index is 682. The van der Waals surface area contributed by atoms with Gasteiger partial charge in [0.1, 0.15) is 0 Å². The van der Waals surface area contributed by atoms with E-state index in [0.717, 1.165) is 31.3 Å².